The number of phenolic OH excluding ortho intramolecular Hbond substituents is 1. The van der Waals surface area contributed by atoms with Crippen LogP contribution in [0.2, 0.25) is 0 Å². The van der Waals surface area contributed by atoms with E-state index in [-0.39, 0.29) is 30.1 Å². The number of hydrogen-bond acceptors (Lipinski definition) is 6. The van der Waals surface area contributed by atoms with Gasteiger partial charge in [-0.15, -0.1) is 0 Å². The Morgan fingerprint density at radius 2 is 2.29 bits per heavy atom. The number of esters is 1. The molecule has 0 aliphatic carbocycles. The van der Waals surface area contributed by atoms with Gasteiger partial charge in [-0.3, -0.25) is 9.05 Å². The smallest absolute Gasteiger partial charge is 0.472 e. The van der Waals surface area contributed by atoms with Gasteiger partial charge in [0.2, 0.25) is 0 Å². The molecule has 1 aromatic carbocycles. The largest absolute Gasteiger partial charge is 0.508 e. The van der Waals surface area contributed by atoms with E-state index >= 15 is 0 Å². The van der Waals surface area contributed by atoms with Crippen molar-refractivity contribution >= 4 is 13.8 Å². The summed E-state index contributed by atoms with van der Waals surface area (Å²) in [4.78, 5) is 21.5. The van der Waals surface area contributed by atoms with Gasteiger partial charge < -0.3 is 14.7 Å². The second kappa shape index (κ2) is 6.58. The number of benzene rings is 1. The van der Waals surface area contributed by atoms with Crippen LogP contribution in [0.5, 0.6) is 5.75 Å². The van der Waals surface area contributed by atoms with Crippen LogP contribution in [-0.2, 0) is 18.3 Å². The van der Waals surface area contributed by atoms with Crippen molar-refractivity contribution in [2.75, 3.05) is 13.2 Å². The molecule has 1 fully saturated rings. The van der Waals surface area contributed by atoms with Crippen LogP contribution in [0.25, 0.3) is 0 Å². The molecule has 2 atom stereocenters. The number of carbonyl (C=O) groups excluding carboxylic acids is 1. The molecule has 0 spiro atoms. The van der Waals surface area contributed by atoms with Gasteiger partial charge in [0, 0.05) is 5.56 Å². The fourth-order valence-corrected chi connectivity index (χ4v) is 3.12. The minimum atomic E-state index is -4.20. The fraction of sp³-hybridized carbons (Fsp3) is 0.462. The number of ether oxygens (including phenoxy) is 1. The lowest BCUT2D eigenvalue weighted by atomic mass is 9.98. The minimum absolute atomic E-state index is 0.0760. The summed E-state index contributed by atoms with van der Waals surface area (Å²) >= 11 is 0. The first-order valence-electron chi connectivity index (χ1n) is 6.59. The maximum atomic E-state index is 12.0. The molecular formula is C13H17O7P. The summed E-state index contributed by atoms with van der Waals surface area (Å²) in [5, 5.41) is 10.0. The Morgan fingerprint density at radius 1 is 1.52 bits per heavy atom. The van der Waals surface area contributed by atoms with Gasteiger partial charge in [0.05, 0.1) is 24.9 Å². The van der Waals surface area contributed by atoms with Crippen LogP contribution in [0.15, 0.2) is 18.2 Å². The molecule has 0 bridgehead atoms. The van der Waals surface area contributed by atoms with Crippen molar-refractivity contribution < 1.29 is 33.1 Å². The second-order valence-corrected chi connectivity index (χ2v) is 5.90. The number of hydrogen-bond donors (Lipinski definition) is 2. The monoisotopic (exact) mass is 316 g/mol. The molecule has 7 nitrogen and oxygen atoms in total. The first-order valence-corrected chi connectivity index (χ1v) is 8.09. The zero-order chi connectivity index (χ0) is 15.5. The summed E-state index contributed by atoms with van der Waals surface area (Å²) in [6.07, 6.45) is -0.107. The van der Waals surface area contributed by atoms with Crippen LogP contribution < -0.4 is 0 Å². The molecule has 0 aromatic heterocycles. The Hall–Kier alpha value is -1.40. The average Bonchev–Trinajstić information content (AvgIpc) is 2.59. The molecule has 1 saturated heterocycles. The standard InChI is InChI=1S/C13H17O7P/c1-2-18-13(15)9-5-3-6-10(14)12(9)11-7-4-8-19-21(16,17)20-11/h3,5-6,11,14H,2,4,7-8H2,1H3,(H,16,17). The zero-order valence-electron chi connectivity index (χ0n) is 11.5. The molecule has 0 saturated carbocycles. The number of phenols is 1. The fourth-order valence-electron chi connectivity index (χ4n) is 2.17. The SMILES string of the molecule is CCOC(=O)c1cccc(O)c1C1CCCOP(=O)(O)O1. The normalized spacial score (nSPS) is 26.1. The Morgan fingerprint density at radius 3 is 3.00 bits per heavy atom. The highest BCUT2D eigenvalue weighted by atomic mass is 31.2. The third-order valence-electron chi connectivity index (χ3n) is 3.03. The van der Waals surface area contributed by atoms with Gasteiger partial charge in [-0.2, -0.15) is 0 Å². The molecule has 2 unspecified atom stereocenters. The topological polar surface area (TPSA) is 102 Å². The zero-order valence-corrected chi connectivity index (χ0v) is 12.4. The molecule has 1 heterocycles. The Bertz CT molecular complexity index is 572. The van der Waals surface area contributed by atoms with Gasteiger partial charge in [0.25, 0.3) is 0 Å². The third kappa shape index (κ3) is 3.83. The molecule has 2 N–H and O–H groups in total. The molecule has 1 aliphatic heterocycles. The van der Waals surface area contributed by atoms with Crippen molar-refractivity contribution in [2.45, 2.75) is 25.9 Å². The lowest BCUT2D eigenvalue weighted by Gasteiger charge is -2.20. The van der Waals surface area contributed by atoms with E-state index in [2.05, 4.69) is 0 Å². The highest BCUT2D eigenvalue weighted by Crippen LogP contribution is 2.52. The van der Waals surface area contributed by atoms with E-state index in [1.807, 2.05) is 0 Å². The van der Waals surface area contributed by atoms with E-state index in [9.17, 15) is 19.4 Å². The van der Waals surface area contributed by atoms with E-state index in [1.165, 1.54) is 18.2 Å². The predicted octanol–water partition coefficient (Wildman–Crippen LogP) is 2.54. The molecule has 8 heteroatoms. The van der Waals surface area contributed by atoms with Crippen molar-refractivity contribution in [1.29, 1.82) is 0 Å². The number of carbonyl (C=O) groups is 1. The first-order chi connectivity index (χ1) is 9.94. The van der Waals surface area contributed by atoms with E-state index < -0.39 is 19.9 Å². The van der Waals surface area contributed by atoms with Crippen LogP contribution in [-0.4, -0.2) is 29.2 Å². The van der Waals surface area contributed by atoms with Crippen LogP contribution in [0, 0.1) is 0 Å². The van der Waals surface area contributed by atoms with Crippen molar-refractivity contribution in [1.82, 2.24) is 0 Å². The van der Waals surface area contributed by atoms with Crippen LogP contribution in [0.4, 0.5) is 0 Å². The summed E-state index contributed by atoms with van der Waals surface area (Å²) < 4.78 is 26.4. The number of phosphoric ester groups is 1. The second-order valence-electron chi connectivity index (χ2n) is 4.50. The van der Waals surface area contributed by atoms with Gasteiger partial charge >= 0.3 is 13.8 Å². The van der Waals surface area contributed by atoms with E-state index in [0.717, 1.165) is 0 Å². The van der Waals surface area contributed by atoms with Gasteiger partial charge in [0.15, 0.2) is 0 Å². The van der Waals surface area contributed by atoms with Crippen molar-refractivity contribution in [3.63, 3.8) is 0 Å². The summed E-state index contributed by atoms with van der Waals surface area (Å²) in [6, 6.07) is 4.36. The molecule has 1 aliphatic rings. The Kier molecular flexibility index (Phi) is 5.00. The Labute approximate surface area is 122 Å². The number of aromatic hydroxyl groups is 1. The van der Waals surface area contributed by atoms with Gasteiger partial charge in [-0.1, -0.05) is 6.07 Å². The maximum absolute atomic E-state index is 12.0. The summed E-state index contributed by atoms with van der Waals surface area (Å²) in [5.74, 6) is -0.808. The molecule has 116 valence electrons. The van der Waals surface area contributed by atoms with Gasteiger partial charge in [-0.05, 0) is 31.9 Å². The Balaban J connectivity index is 2.41. The minimum Gasteiger partial charge on any atom is -0.508 e. The number of phosphoric acid groups is 1. The summed E-state index contributed by atoms with van der Waals surface area (Å²) in [7, 11) is -4.20. The maximum Gasteiger partial charge on any atom is 0.472 e. The molecule has 2 rings (SSSR count). The average molecular weight is 316 g/mol. The molecule has 0 amide bonds. The number of rotatable bonds is 3. The summed E-state index contributed by atoms with van der Waals surface area (Å²) in [6.45, 7) is 1.92. The molecular weight excluding hydrogens is 299 g/mol. The molecule has 21 heavy (non-hydrogen) atoms. The van der Waals surface area contributed by atoms with Crippen LogP contribution >= 0.6 is 7.82 Å². The van der Waals surface area contributed by atoms with E-state index in [1.54, 1.807) is 6.92 Å². The molecule has 1 aromatic rings. The van der Waals surface area contributed by atoms with E-state index in [4.69, 9.17) is 13.8 Å². The summed E-state index contributed by atoms with van der Waals surface area (Å²) in [5.41, 5.74) is 0.263. The lowest BCUT2D eigenvalue weighted by Crippen LogP contribution is -2.12. The van der Waals surface area contributed by atoms with Crippen LogP contribution in [0.3, 0.4) is 0 Å². The van der Waals surface area contributed by atoms with Gasteiger partial charge in [0.1, 0.15) is 5.75 Å². The van der Waals surface area contributed by atoms with Crippen molar-refractivity contribution in [2.24, 2.45) is 0 Å². The lowest BCUT2D eigenvalue weighted by molar-refractivity contribution is 0.0516. The van der Waals surface area contributed by atoms with E-state index in [0.29, 0.717) is 12.8 Å². The molecule has 0 radical (unpaired) electrons. The van der Waals surface area contributed by atoms with Crippen molar-refractivity contribution in [3.05, 3.63) is 29.3 Å². The third-order valence-corrected chi connectivity index (χ3v) is 4.06. The van der Waals surface area contributed by atoms with Crippen molar-refractivity contribution in [3.8, 4) is 5.75 Å². The first kappa shape index (κ1) is 16.0. The van der Waals surface area contributed by atoms with Crippen LogP contribution in [0.1, 0.15) is 41.8 Å². The highest BCUT2D eigenvalue weighted by molar-refractivity contribution is 7.47. The van der Waals surface area contributed by atoms with Gasteiger partial charge in [-0.25, -0.2) is 9.36 Å². The predicted molar refractivity (Wildman–Crippen MR) is 72.9 cm³/mol. The highest BCUT2D eigenvalue weighted by Gasteiger charge is 2.34. The quantitative estimate of drug-likeness (QED) is 0.652.